The Bertz CT molecular complexity index is 439. The third-order valence-corrected chi connectivity index (χ3v) is 4.08. The maximum atomic E-state index is 12.5. The van der Waals surface area contributed by atoms with Gasteiger partial charge in [-0.15, -0.1) is 0 Å². The zero-order chi connectivity index (χ0) is 14.5. The number of aryl methyl sites for hydroxylation is 1. The average Bonchev–Trinajstić information content (AvgIpc) is 2.47. The number of Topliss-reactive ketones (excluding diaryl/α,β-unsaturated/α-hetero) is 1. The SMILES string of the molecule is CCOC1CCCN(C(C)C(=O)c2ccc(C)cc2)C1. The molecular formula is C17H25NO2. The Morgan fingerprint density at radius 2 is 2.10 bits per heavy atom. The highest BCUT2D eigenvalue weighted by Crippen LogP contribution is 2.18. The van der Waals surface area contributed by atoms with Gasteiger partial charge in [0.2, 0.25) is 0 Å². The average molecular weight is 275 g/mol. The van der Waals surface area contributed by atoms with E-state index in [1.54, 1.807) is 0 Å². The Morgan fingerprint density at radius 3 is 2.75 bits per heavy atom. The first-order chi connectivity index (χ1) is 9.61. The molecule has 0 amide bonds. The number of rotatable bonds is 5. The summed E-state index contributed by atoms with van der Waals surface area (Å²) in [5, 5.41) is 0. The number of ether oxygens (including phenoxy) is 1. The van der Waals surface area contributed by atoms with Crippen molar-refractivity contribution in [2.24, 2.45) is 0 Å². The molecule has 1 aliphatic heterocycles. The van der Waals surface area contributed by atoms with Crippen LogP contribution in [-0.4, -0.2) is 42.5 Å². The van der Waals surface area contributed by atoms with Crippen molar-refractivity contribution in [3.8, 4) is 0 Å². The minimum Gasteiger partial charge on any atom is -0.377 e. The van der Waals surface area contributed by atoms with Crippen molar-refractivity contribution < 1.29 is 9.53 Å². The zero-order valence-corrected chi connectivity index (χ0v) is 12.8. The third kappa shape index (κ3) is 3.68. The summed E-state index contributed by atoms with van der Waals surface area (Å²) in [6.07, 6.45) is 2.49. The normalized spacial score (nSPS) is 21.6. The molecule has 110 valence electrons. The Labute approximate surface area is 121 Å². The molecule has 2 unspecified atom stereocenters. The molecule has 0 spiro atoms. The van der Waals surface area contributed by atoms with Crippen LogP contribution >= 0.6 is 0 Å². The first kappa shape index (κ1) is 15.2. The Balaban J connectivity index is 2.00. The lowest BCUT2D eigenvalue weighted by Crippen LogP contribution is -2.47. The lowest BCUT2D eigenvalue weighted by molar-refractivity contribution is -0.00290. The predicted molar refractivity (Wildman–Crippen MR) is 81.2 cm³/mol. The van der Waals surface area contributed by atoms with E-state index in [4.69, 9.17) is 4.74 Å². The zero-order valence-electron chi connectivity index (χ0n) is 12.8. The molecule has 1 aliphatic rings. The van der Waals surface area contributed by atoms with E-state index in [9.17, 15) is 4.79 Å². The molecule has 0 bridgehead atoms. The number of carbonyl (C=O) groups excluding carboxylic acids is 1. The second kappa shape index (κ2) is 7.00. The maximum absolute atomic E-state index is 12.5. The molecule has 2 atom stereocenters. The van der Waals surface area contributed by atoms with Crippen LogP contribution in [0, 0.1) is 6.92 Å². The van der Waals surface area contributed by atoms with Crippen LogP contribution in [0.25, 0.3) is 0 Å². The molecular weight excluding hydrogens is 250 g/mol. The van der Waals surface area contributed by atoms with Gasteiger partial charge in [-0.05, 0) is 40.2 Å². The van der Waals surface area contributed by atoms with Crippen LogP contribution in [0.5, 0.6) is 0 Å². The van der Waals surface area contributed by atoms with E-state index in [0.717, 1.165) is 38.1 Å². The van der Waals surface area contributed by atoms with Crippen molar-refractivity contribution in [2.75, 3.05) is 19.7 Å². The molecule has 1 aromatic rings. The van der Waals surface area contributed by atoms with Crippen molar-refractivity contribution in [1.82, 2.24) is 4.90 Å². The van der Waals surface area contributed by atoms with Gasteiger partial charge in [0.25, 0.3) is 0 Å². The van der Waals surface area contributed by atoms with E-state index in [1.165, 1.54) is 5.56 Å². The van der Waals surface area contributed by atoms with E-state index < -0.39 is 0 Å². The van der Waals surface area contributed by atoms with Crippen molar-refractivity contribution in [3.05, 3.63) is 35.4 Å². The molecule has 0 aromatic heterocycles. The summed E-state index contributed by atoms with van der Waals surface area (Å²) >= 11 is 0. The summed E-state index contributed by atoms with van der Waals surface area (Å²) < 4.78 is 5.71. The second-order valence-electron chi connectivity index (χ2n) is 5.62. The molecule has 0 aliphatic carbocycles. The van der Waals surface area contributed by atoms with Gasteiger partial charge in [-0.2, -0.15) is 0 Å². The van der Waals surface area contributed by atoms with Gasteiger partial charge in [0, 0.05) is 18.7 Å². The first-order valence-electron chi connectivity index (χ1n) is 7.58. The van der Waals surface area contributed by atoms with Gasteiger partial charge in [0.15, 0.2) is 5.78 Å². The van der Waals surface area contributed by atoms with Crippen molar-refractivity contribution in [1.29, 1.82) is 0 Å². The lowest BCUT2D eigenvalue weighted by atomic mass is 10.00. The fourth-order valence-corrected chi connectivity index (χ4v) is 2.81. The van der Waals surface area contributed by atoms with Gasteiger partial charge in [-0.1, -0.05) is 29.8 Å². The smallest absolute Gasteiger partial charge is 0.179 e. The molecule has 1 fully saturated rings. The topological polar surface area (TPSA) is 29.5 Å². The predicted octanol–water partition coefficient (Wildman–Crippen LogP) is 3.07. The minimum absolute atomic E-state index is 0.0686. The van der Waals surface area contributed by atoms with Crippen LogP contribution in [0.3, 0.4) is 0 Å². The van der Waals surface area contributed by atoms with Gasteiger partial charge in [0.1, 0.15) is 0 Å². The van der Waals surface area contributed by atoms with Gasteiger partial charge in [-0.25, -0.2) is 0 Å². The first-order valence-corrected chi connectivity index (χ1v) is 7.58. The van der Waals surface area contributed by atoms with Crippen LogP contribution in [0.4, 0.5) is 0 Å². The molecule has 0 radical (unpaired) electrons. The minimum atomic E-state index is -0.0686. The number of nitrogens with zero attached hydrogens (tertiary/aromatic N) is 1. The number of benzene rings is 1. The fraction of sp³-hybridized carbons (Fsp3) is 0.588. The van der Waals surface area contributed by atoms with E-state index in [0.29, 0.717) is 0 Å². The number of likely N-dealkylation sites (tertiary alicyclic amines) is 1. The van der Waals surface area contributed by atoms with Crippen LogP contribution in [0.1, 0.15) is 42.6 Å². The van der Waals surface area contributed by atoms with Crippen molar-refractivity contribution >= 4 is 5.78 Å². The Morgan fingerprint density at radius 1 is 1.40 bits per heavy atom. The summed E-state index contributed by atoms with van der Waals surface area (Å²) in [6, 6.07) is 7.79. The summed E-state index contributed by atoms with van der Waals surface area (Å²) in [6.45, 7) is 8.68. The fourth-order valence-electron chi connectivity index (χ4n) is 2.81. The van der Waals surface area contributed by atoms with E-state index in [1.807, 2.05) is 45.0 Å². The number of carbonyl (C=O) groups is 1. The van der Waals surface area contributed by atoms with Gasteiger partial charge >= 0.3 is 0 Å². The van der Waals surface area contributed by atoms with Crippen LogP contribution in [0.2, 0.25) is 0 Å². The second-order valence-corrected chi connectivity index (χ2v) is 5.62. The molecule has 0 N–H and O–H groups in total. The van der Waals surface area contributed by atoms with Gasteiger partial charge in [0.05, 0.1) is 12.1 Å². The molecule has 3 heteroatoms. The molecule has 0 saturated carbocycles. The summed E-state index contributed by atoms with van der Waals surface area (Å²) in [4.78, 5) is 14.8. The number of ketones is 1. The standard InChI is InChI=1S/C17H25NO2/c1-4-20-16-6-5-11-18(12-16)14(3)17(19)15-9-7-13(2)8-10-15/h7-10,14,16H,4-6,11-12H2,1-3H3. The Hall–Kier alpha value is -1.19. The molecule has 3 nitrogen and oxygen atoms in total. The molecule has 1 saturated heterocycles. The largest absolute Gasteiger partial charge is 0.377 e. The van der Waals surface area contributed by atoms with Gasteiger partial charge < -0.3 is 4.74 Å². The highest BCUT2D eigenvalue weighted by molar-refractivity contribution is 5.99. The summed E-state index contributed by atoms with van der Waals surface area (Å²) in [5.41, 5.74) is 1.99. The Kier molecular flexibility index (Phi) is 5.32. The van der Waals surface area contributed by atoms with Crippen LogP contribution in [0.15, 0.2) is 24.3 Å². The highest BCUT2D eigenvalue weighted by Gasteiger charge is 2.28. The quantitative estimate of drug-likeness (QED) is 0.773. The van der Waals surface area contributed by atoms with Crippen LogP contribution in [-0.2, 0) is 4.74 Å². The van der Waals surface area contributed by atoms with Gasteiger partial charge in [-0.3, -0.25) is 9.69 Å². The monoisotopic (exact) mass is 275 g/mol. The third-order valence-electron chi connectivity index (χ3n) is 4.08. The van der Waals surface area contributed by atoms with Crippen molar-refractivity contribution in [3.63, 3.8) is 0 Å². The highest BCUT2D eigenvalue weighted by atomic mass is 16.5. The lowest BCUT2D eigenvalue weighted by Gasteiger charge is -2.35. The number of hydrogen-bond donors (Lipinski definition) is 0. The molecule has 20 heavy (non-hydrogen) atoms. The van der Waals surface area contributed by atoms with E-state index in [2.05, 4.69) is 4.90 Å². The maximum Gasteiger partial charge on any atom is 0.179 e. The number of piperidine rings is 1. The van der Waals surface area contributed by atoms with E-state index in [-0.39, 0.29) is 17.9 Å². The summed E-state index contributed by atoms with van der Waals surface area (Å²) in [5.74, 6) is 0.210. The number of hydrogen-bond acceptors (Lipinski definition) is 3. The molecule has 1 aromatic carbocycles. The summed E-state index contributed by atoms with van der Waals surface area (Å²) in [7, 11) is 0. The molecule has 2 rings (SSSR count). The van der Waals surface area contributed by atoms with Crippen LogP contribution < -0.4 is 0 Å². The van der Waals surface area contributed by atoms with Crippen molar-refractivity contribution in [2.45, 2.75) is 45.8 Å². The molecule has 1 heterocycles. The van der Waals surface area contributed by atoms with E-state index >= 15 is 0 Å².